The highest BCUT2D eigenvalue weighted by molar-refractivity contribution is 6.12. The quantitative estimate of drug-likeness (QED) is 0.506. The Morgan fingerprint density at radius 1 is 1.25 bits per heavy atom. The van der Waals surface area contributed by atoms with Crippen LogP contribution in [0.25, 0.3) is 21.9 Å². The Balaban J connectivity index is 1.54. The average Bonchev–Trinajstić information content (AvgIpc) is 3.36. The zero-order chi connectivity index (χ0) is 22.0. The van der Waals surface area contributed by atoms with Gasteiger partial charge in [-0.2, -0.15) is 9.97 Å². The number of nitrogens with zero attached hydrogens (tertiary/aromatic N) is 5. The summed E-state index contributed by atoms with van der Waals surface area (Å²) in [5.41, 5.74) is 9.02. The van der Waals surface area contributed by atoms with Gasteiger partial charge in [-0.15, -0.1) is 0 Å². The lowest BCUT2D eigenvalue weighted by molar-refractivity contribution is 0.439. The number of hydrogen-bond acceptors (Lipinski definition) is 7. The van der Waals surface area contributed by atoms with Crippen molar-refractivity contribution in [2.75, 3.05) is 18.0 Å². The third-order valence-electron chi connectivity index (χ3n) is 6.82. The molecule has 2 aliphatic rings. The molecule has 1 unspecified atom stereocenters. The van der Waals surface area contributed by atoms with Crippen LogP contribution in [0.15, 0.2) is 24.5 Å². The minimum absolute atomic E-state index is 0.0931. The molecule has 1 atom stereocenters. The summed E-state index contributed by atoms with van der Waals surface area (Å²) in [6, 6.07) is 3.40. The first-order chi connectivity index (χ1) is 15.5. The van der Waals surface area contributed by atoms with Gasteiger partial charge >= 0.3 is 6.01 Å². The van der Waals surface area contributed by atoms with E-state index in [0.29, 0.717) is 30.2 Å². The van der Waals surface area contributed by atoms with E-state index in [2.05, 4.69) is 24.8 Å². The number of fused-ring (bicyclic) bond motifs is 3. The van der Waals surface area contributed by atoms with Crippen molar-refractivity contribution in [3.63, 3.8) is 0 Å². The smallest absolute Gasteiger partial charge is 0.326 e. The number of H-pyrrole nitrogens is 1. The van der Waals surface area contributed by atoms with Gasteiger partial charge < -0.3 is 20.4 Å². The van der Waals surface area contributed by atoms with Gasteiger partial charge in [0, 0.05) is 29.9 Å². The summed E-state index contributed by atoms with van der Waals surface area (Å²) >= 11 is 0. The normalized spacial score (nSPS) is 19.4. The van der Waals surface area contributed by atoms with Crippen LogP contribution in [0.2, 0.25) is 0 Å². The molecule has 1 spiro atoms. The summed E-state index contributed by atoms with van der Waals surface area (Å²) in [5, 5.41) is 1.58. The largest absolute Gasteiger partial charge is 0.421 e. The van der Waals surface area contributed by atoms with E-state index in [1.807, 2.05) is 13.8 Å². The standard InChI is InChI=1S/C23H24FN7O/c1-3-13-6-14(24)7-16-18-20(28-19(13)16)29-22(32-15-8-26-12(2)27-9-15)30-21(18)31-10-17(25)23(11-31)4-5-23/h6-9,17H,3-5,10-11,25H2,1-2H3,(H,28,29,30). The molecule has 9 heteroatoms. The third kappa shape index (κ3) is 2.99. The van der Waals surface area contributed by atoms with Gasteiger partial charge in [-0.25, -0.2) is 14.4 Å². The molecule has 3 N–H and O–H groups in total. The predicted octanol–water partition coefficient (Wildman–Crippen LogP) is 3.63. The fourth-order valence-corrected chi connectivity index (χ4v) is 4.83. The summed E-state index contributed by atoms with van der Waals surface area (Å²) in [6.45, 7) is 5.34. The molecule has 1 aromatic carbocycles. The summed E-state index contributed by atoms with van der Waals surface area (Å²) in [4.78, 5) is 23.3. The predicted molar refractivity (Wildman–Crippen MR) is 119 cm³/mol. The fourth-order valence-electron chi connectivity index (χ4n) is 4.83. The van der Waals surface area contributed by atoms with Crippen molar-refractivity contribution in [2.24, 2.45) is 11.1 Å². The Labute approximate surface area is 184 Å². The van der Waals surface area contributed by atoms with Crippen molar-refractivity contribution in [2.45, 2.75) is 39.2 Å². The maximum atomic E-state index is 14.5. The number of halogens is 1. The van der Waals surface area contributed by atoms with Crippen LogP contribution in [-0.2, 0) is 6.42 Å². The number of nitrogens with one attached hydrogen (secondary N) is 1. The number of nitrogens with two attached hydrogens (primary N) is 1. The van der Waals surface area contributed by atoms with Crippen LogP contribution < -0.4 is 15.4 Å². The summed E-state index contributed by atoms with van der Waals surface area (Å²) in [7, 11) is 0. The fraction of sp³-hybridized carbons (Fsp3) is 0.391. The molecule has 4 heterocycles. The van der Waals surface area contributed by atoms with Gasteiger partial charge in [-0.1, -0.05) is 6.92 Å². The molecule has 0 amide bonds. The van der Waals surface area contributed by atoms with E-state index in [0.717, 1.165) is 47.1 Å². The van der Waals surface area contributed by atoms with Crippen molar-refractivity contribution in [3.05, 3.63) is 41.7 Å². The highest BCUT2D eigenvalue weighted by Gasteiger charge is 2.54. The second kappa shape index (κ2) is 6.83. The number of ether oxygens (including phenoxy) is 1. The zero-order valence-electron chi connectivity index (χ0n) is 18.0. The molecule has 164 valence electrons. The third-order valence-corrected chi connectivity index (χ3v) is 6.82. The SMILES string of the molecule is CCc1cc(F)cc2c1[nH]c1nc(Oc3cnc(C)nc3)nc(N3CC(N)C4(CC4)C3)c12. The van der Waals surface area contributed by atoms with E-state index >= 15 is 0 Å². The molecule has 1 aliphatic carbocycles. The summed E-state index contributed by atoms with van der Waals surface area (Å²) < 4.78 is 20.4. The Morgan fingerprint density at radius 2 is 2.03 bits per heavy atom. The summed E-state index contributed by atoms with van der Waals surface area (Å²) in [5.74, 6) is 1.56. The van der Waals surface area contributed by atoms with Crippen molar-refractivity contribution < 1.29 is 9.13 Å². The number of aryl methyl sites for hydroxylation is 2. The van der Waals surface area contributed by atoms with Crippen LogP contribution in [0.3, 0.4) is 0 Å². The maximum Gasteiger partial charge on any atom is 0.326 e. The maximum absolute atomic E-state index is 14.5. The molecule has 0 bridgehead atoms. The van der Waals surface area contributed by atoms with E-state index in [9.17, 15) is 4.39 Å². The number of aromatic amines is 1. The first-order valence-electron chi connectivity index (χ1n) is 10.9. The minimum Gasteiger partial charge on any atom is -0.421 e. The van der Waals surface area contributed by atoms with E-state index in [4.69, 9.17) is 15.5 Å². The van der Waals surface area contributed by atoms with Crippen LogP contribution in [0.5, 0.6) is 11.8 Å². The van der Waals surface area contributed by atoms with Crippen molar-refractivity contribution >= 4 is 27.8 Å². The Bertz CT molecular complexity index is 1350. The number of aromatic nitrogens is 5. The highest BCUT2D eigenvalue weighted by Crippen LogP contribution is 2.53. The number of benzene rings is 1. The van der Waals surface area contributed by atoms with Crippen LogP contribution in [0.4, 0.5) is 10.2 Å². The lowest BCUT2D eigenvalue weighted by atomic mass is 10.0. The number of rotatable bonds is 4. The van der Waals surface area contributed by atoms with E-state index in [-0.39, 0.29) is 23.3 Å². The van der Waals surface area contributed by atoms with Gasteiger partial charge in [0.05, 0.1) is 23.3 Å². The molecule has 1 saturated heterocycles. The molecule has 32 heavy (non-hydrogen) atoms. The van der Waals surface area contributed by atoms with Gasteiger partial charge in [0.1, 0.15) is 23.1 Å². The molecule has 2 fully saturated rings. The first kappa shape index (κ1) is 19.4. The Kier molecular flexibility index (Phi) is 4.13. The highest BCUT2D eigenvalue weighted by atomic mass is 19.1. The van der Waals surface area contributed by atoms with Gasteiger partial charge in [0.15, 0.2) is 5.75 Å². The first-order valence-corrected chi connectivity index (χ1v) is 10.9. The van der Waals surface area contributed by atoms with Gasteiger partial charge in [0.25, 0.3) is 0 Å². The minimum atomic E-state index is -0.268. The van der Waals surface area contributed by atoms with Crippen LogP contribution >= 0.6 is 0 Å². The van der Waals surface area contributed by atoms with Crippen LogP contribution in [0, 0.1) is 18.2 Å². The molecule has 6 rings (SSSR count). The van der Waals surface area contributed by atoms with E-state index in [1.54, 1.807) is 24.5 Å². The molecule has 4 aromatic rings. The molecule has 1 aliphatic heterocycles. The zero-order valence-corrected chi connectivity index (χ0v) is 18.0. The van der Waals surface area contributed by atoms with Crippen LogP contribution in [0.1, 0.15) is 31.2 Å². The van der Waals surface area contributed by atoms with Gasteiger partial charge in [0.2, 0.25) is 0 Å². The monoisotopic (exact) mass is 433 g/mol. The van der Waals surface area contributed by atoms with Crippen LogP contribution in [-0.4, -0.2) is 44.1 Å². The topological polar surface area (TPSA) is 106 Å². The molecule has 0 radical (unpaired) electrons. The number of anilines is 1. The number of hydrogen-bond donors (Lipinski definition) is 2. The van der Waals surface area contributed by atoms with Crippen molar-refractivity contribution in [3.8, 4) is 11.8 Å². The summed E-state index contributed by atoms with van der Waals surface area (Å²) in [6.07, 6.45) is 6.15. The average molecular weight is 433 g/mol. The second-order valence-electron chi connectivity index (χ2n) is 8.94. The molecular formula is C23H24FN7O. The van der Waals surface area contributed by atoms with Gasteiger partial charge in [-0.05, 0) is 43.9 Å². The van der Waals surface area contributed by atoms with E-state index in [1.165, 1.54) is 0 Å². The molecule has 1 saturated carbocycles. The lowest BCUT2D eigenvalue weighted by Gasteiger charge is -2.19. The molecule has 8 nitrogen and oxygen atoms in total. The van der Waals surface area contributed by atoms with E-state index < -0.39 is 0 Å². The van der Waals surface area contributed by atoms with Crippen molar-refractivity contribution in [1.82, 2.24) is 24.9 Å². The lowest BCUT2D eigenvalue weighted by Crippen LogP contribution is -2.30. The van der Waals surface area contributed by atoms with Crippen molar-refractivity contribution in [1.29, 1.82) is 0 Å². The molecule has 3 aromatic heterocycles. The Hall–Kier alpha value is -3.33. The Morgan fingerprint density at radius 3 is 2.72 bits per heavy atom. The molecular weight excluding hydrogens is 409 g/mol. The van der Waals surface area contributed by atoms with Gasteiger partial charge in [-0.3, -0.25) is 0 Å². The second-order valence-corrected chi connectivity index (χ2v) is 8.94.